The van der Waals surface area contributed by atoms with Crippen molar-refractivity contribution in [2.24, 2.45) is 0 Å². The van der Waals surface area contributed by atoms with Crippen molar-refractivity contribution in [1.82, 2.24) is 5.32 Å². The van der Waals surface area contributed by atoms with Crippen LogP contribution in [-0.2, 0) is 0 Å². The fourth-order valence-corrected chi connectivity index (χ4v) is 1.84. The lowest BCUT2D eigenvalue weighted by atomic mass is 10.2. The first-order chi connectivity index (χ1) is 7.22. The lowest BCUT2D eigenvalue weighted by Crippen LogP contribution is -2.19. The van der Waals surface area contributed by atoms with Gasteiger partial charge in [0, 0.05) is 11.5 Å². The normalized spacial score (nSPS) is 14.8. The van der Waals surface area contributed by atoms with Crippen molar-refractivity contribution >= 4 is 21.8 Å². The van der Waals surface area contributed by atoms with Crippen molar-refractivity contribution in [2.45, 2.75) is 18.9 Å². The molecule has 0 radical (unpaired) electrons. The molecular weight excluding hydrogens is 258 g/mol. The first-order valence-corrected chi connectivity index (χ1v) is 5.69. The highest BCUT2D eigenvalue weighted by Crippen LogP contribution is 2.32. The Balaban J connectivity index is 2.33. The molecule has 80 valence electrons. The van der Waals surface area contributed by atoms with Gasteiger partial charge in [-0.1, -0.05) is 6.07 Å². The molecule has 15 heavy (non-hydrogen) atoms. The first-order valence-electron chi connectivity index (χ1n) is 4.89. The van der Waals surface area contributed by atoms with E-state index >= 15 is 0 Å². The summed E-state index contributed by atoms with van der Waals surface area (Å²) in [5.41, 5.74) is 0.576. The lowest BCUT2D eigenvalue weighted by Gasteiger charge is -2.11. The molecule has 1 N–H and O–H groups in total. The summed E-state index contributed by atoms with van der Waals surface area (Å²) in [7, 11) is 1.61. The molecular formula is C11H12BrNO2. The van der Waals surface area contributed by atoms with Crippen LogP contribution in [0.4, 0.5) is 0 Å². The number of carbonyl (C=O) groups is 1. The van der Waals surface area contributed by atoms with Gasteiger partial charge in [0.2, 0.25) is 0 Å². The van der Waals surface area contributed by atoms with Crippen molar-refractivity contribution in [1.29, 1.82) is 0 Å². The van der Waals surface area contributed by atoms with E-state index in [2.05, 4.69) is 21.2 Å². The van der Waals surface area contributed by atoms with E-state index in [-0.39, 0.29) is 5.91 Å². The number of halogens is 1. The van der Waals surface area contributed by atoms with E-state index in [1.165, 1.54) is 0 Å². The molecule has 0 aliphatic heterocycles. The number of hydrogen-bond donors (Lipinski definition) is 1. The highest BCUT2D eigenvalue weighted by Gasteiger charge is 2.26. The highest BCUT2D eigenvalue weighted by molar-refractivity contribution is 9.10. The van der Waals surface area contributed by atoms with E-state index in [0.29, 0.717) is 17.4 Å². The quantitative estimate of drug-likeness (QED) is 0.915. The molecule has 1 aliphatic carbocycles. The van der Waals surface area contributed by atoms with Gasteiger partial charge in [0.1, 0.15) is 5.75 Å². The van der Waals surface area contributed by atoms with Crippen molar-refractivity contribution in [3.63, 3.8) is 0 Å². The second-order valence-electron chi connectivity index (χ2n) is 3.51. The van der Waals surface area contributed by atoms with Crippen LogP contribution in [0.15, 0.2) is 22.7 Å². The summed E-state index contributed by atoms with van der Waals surface area (Å²) >= 11 is 3.36. The Hall–Kier alpha value is -1.03. The van der Waals surface area contributed by atoms with Crippen molar-refractivity contribution < 1.29 is 9.53 Å². The van der Waals surface area contributed by atoms with Gasteiger partial charge in [-0.2, -0.15) is 0 Å². The van der Waals surface area contributed by atoms with E-state index in [1.807, 2.05) is 18.2 Å². The third-order valence-corrected chi connectivity index (χ3v) is 2.91. The van der Waals surface area contributed by atoms with Crippen molar-refractivity contribution in [2.75, 3.05) is 7.05 Å². The molecule has 0 spiro atoms. The van der Waals surface area contributed by atoms with Crippen LogP contribution in [0.3, 0.4) is 0 Å². The Morgan fingerprint density at radius 2 is 2.27 bits per heavy atom. The van der Waals surface area contributed by atoms with Crippen LogP contribution in [0.25, 0.3) is 0 Å². The number of rotatable bonds is 3. The molecule has 0 aromatic heterocycles. The van der Waals surface area contributed by atoms with Crippen LogP contribution in [-0.4, -0.2) is 19.1 Å². The van der Waals surface area contributed by atoms with Gasteiger partial charge in [-0.05, 0) is 40.9 Å². The Morgan fingerprint density at radius 3 is 2.87 bits per heavy atom. The predicted octanol–water partition coefficient (Wildman–Crippen LogP) is 2.35. The molecule has 0 unspecified atom stereocenters. The standard InChI is InChI=1S/C11H12BrNO2/c1-13-11(14)10-8(12)3-2-4-9(10)15-7-5-6-7/h2-4,7H,5-6H2,1H3,(H,13,14). The van der Waals surface area contributed by atoms with Crippen molar-refractivity contribution in [3.05, 3.63) is 28.2 Å². The van der Waals surface area contributed by atoms with Crippen molar-refractivity contribution in [3.8, 4) is 5.75 Å². The molecule has 1 aromatic carbocycles. The number of nitrogens with one attached hydrogen (secondary N) is 1. The predicted molar refractivity (Wildman–Crippen MR) is 61.2 cm³/mol. The number of amides is 1. The van der Waals surface area contributed by atoms with E-state index in [4.69, 9.17) is 4.74 Å². The largest absolute Gasteiger partial charge is 0.490 e. The second kappa shape index (κ2) is 4.23. The van der Waals surface area contributed by atoms with Gasteiger partial charge in [-0.25, -0.2) is 0 Å². The maximum atomic E-state index is 11.6. The van der Waals surface area contributed by atoms with Gasteiger partial charge in [0.15, 0.2) is 0 Å². The smallest absolute Gasteiger partial charge is 0.255 e. The van der Waals surface area contributed by atoms with Crippen LogP contribution >= 0.6 is 15.9 Å². The Kier molecular flexibility index (Phi) is 2.95. The fourth-order valence-electron chi connectivity index (χ4n) is 1.31. The number of hydrogen-bond acceptors (Lipinski definition) is 2. The molecule has 1 saturated carbocycles. The van der Waals surface area contributed by atoms with E-state index in [1.54, 1.807) is 7.05 Å². The number of benzene rings is 1. The SMILES string of the molecule is CNC(=O)c1c(Br)cccc1OC1CC1. The summed E-state index contributed by atoms with van der Waals surface area (Å²) in [6.45, 7) is 0. The molecule has 0 atom stereocenters. The van der Waals surface area contributed by atoms with Crippen LogP contribution in [0.1, 0.15) is 23.2 Å². The highest BCUT2D eigenvalue weighted by atomic mass is 79.9. The lowest BCUT2D eigenvalue weighted by molar-refractivity contribution is 0.0958. The van der Waals surface area contributed by atoms with E-state index in [9.17, 15) is 4.79 Å². The fraction of sp³-hybridized carbons (Fsp3) is 0.364. The Labute approximate surface area is 96.9 Å². The number of ether oxygens (including phenoxy) is 1. The minimum Gasteiger partial charge on any atom is -0.490 e. The molecule has 0 saturated heterocycles. The first kappa shape index (κ1) is 10.5. The summed E-state index contributed by atoms with van der Waals surface area (Å²) < 4.78 is 6.43. The third-order valence-electron chi connectivity index (χ3n) is 2.25. The van der Waals surface area contributed by atoms with Gasteiger partial charge >= 0.3 is 0 Å². The minimum atomic E-state index is -0.127. The van der Waals surface area contributed by atoms with Crippen LogP contribution in [0.2, 0.25) is 0 Å². The van der Waals surface area contributed by atoms with Crippen LogP contribution in [0, 0.1) is 0 Å². The molecule has 4 heteroatoms. The van der Waals surface area contributed by atoms with Crippen LogP contribution < -0.4 is 10.1 Å². The Bertz CT molecular complexity index is 388. The van der Waals surface area contributed by atoms with Gasteiger partial charge in [0.25, 0.3) is 5.91 Å². The second-order valence-corrected chi connectivity index (χ2v) is 4.36. The van der Waals surface area contributed by atoms with Gasteiger partial charge in [-0.15, -0.1) is 0 Å². The Morgan fingerprint density at radius 1 is 1.53 bits per heavy atom. The average Bonchev–Trinajstić information content (AvgIpc) is 3.01. The topological polar surface area (TPSA) is 38.3 Å². The zero-order valence-electron chi connectivity index (χ0n) is 8.42. The average molecular weight is 270 g/mol. The number of carbonyl (C=O) groups excluding carboxylic acids is 1. The molecule has 0 heterocycles. The summed E-state index contributed by atoms with van der Waals surface area (Å²) in [4.78, 5) is 11.6. The molecule has 1 amide bonds. The maximum absolute atomic E-state index is 11.6. The molecule has 2 rings (SSSR count). The van der Waals surface area contributed by atoms with E-state index in [0.717, 1.165) is 17.3 Å². The van der Waals surface area contributed by atoms with E-state index < -0.39 is 0 Å². The van der Waals surface area contributed by atoms with Crippen LogP contribution in [0.5, 0.6) is 5.75 Å². The zero-order chi connectivity index (χ0) is 10.8. The molecule has 1 fully saturated rings. The maximum Gasteiger partial charge on any atom is 0.255 e. The summed E-state index contributed by atoms with van der Waals surface area (Å²) in [6, 6.07) is 5.53. The van der Waals surface area contributed by atoms with Gasteiger partial charge < -0.3 is 10.1 Å². The third kappa shape index (κ3) is 2.31. The monoisotopic (exact) mass is 269 g/mol. The molecule has 1 aromatic rings. The minimum absolute atomic E-state index is 0.127. The van der Waals surface area contributed by atoms with Gasteiger partial charge in [-0.3, -0.25) is 4.79 Å². The van der Waals surface area contributed by atoms with Gasteiger partial charge in [0.05, 0.1) is 11.7 Å². The summed E-state index contributed by atoms with van der Waals surface area (Å²) in [5, 5.41) is 2.61. The molecule has 3 nitrogen and oxygen atoms in total. The molecule has 1 aliphatic rings. The summed E-state index contributed by atoms with van der Waals surface area (Å²) in [6.07, 6.45) is 2.46. The molecule has 0 bridgehead atoms. The zero-order valence-corrected chi connectivity index (χ0v) is 10.0. The summed E-state index contributed by atoms with van der Waals surface area (Å²) in [5.74, 6) is 0.532.